The molecule has 1 aromatic carbocycles. The number of carboxylic acid groups (broad SMARTS) is 1. The van der Waals surface area contributed by atoms with Gasteiger partial charge in [0.2, 0.25) is 5.91 Å². The number of rotatable bonds is 7. The summed E-state index contributed by atoms with van der Waals surface area (Å²) in [7, 11) is 1.66. The first-order valence-corrected chi connectivity index (χ1v) is 8.63. The molecule has 0 aliphatic heterocycles. The Balaban J connectivity index is 1.77. The minimum absolute atomic E-state index is 0.0520. The van der Waals surface area contributed by atoms with E-state index >= 15 is 0 Å². The molecular formula is C19H27NO4. The van der Waals surface area contributed by atoms with Crippen molar-refractivity contribution in [2.24, 2.45) is 11.8 Å². The Morgan fingerprint density at radius 1 is 1.25 bits per heavy atom. The van der Waals surface area contributed by atoms with E-state index in [1.165, 1.54) is 0 Å². The summed E-state index contributed by atoms with van der Waals surface area (Å²) in [5.41, 5.74) is 1.11. The topological polar surface area (TPSA) is 75.6 Å². The summed E-state index contributed by atoms with van der Waals surface area (Å²) in [6.45, 7) is 2.06. The van der Waals surface area contributed by atoms with Crippen LogP contribution in [0.5, 0.6) is 5.75 Å². The van der Waals surface area contributed by atoms with Crippen molar-refractivity contribution < 1.29 is 19.4 Å². The molecule has 0 aromatic heterocycles. The summed E-state index contributed by atoms with van der Waals surface area (Å²) in [6.07, 6.45) is 4.07. The van der Waals surface area contributed by atoms with Gasteiger partial charge in [-0.3, -0.25) is 9.59 Å². The smallest absolute Gasteiger partial charge is 0.306 e. The summed E-state index contributed by atoms with van der Waals surface area (Å²) in [6, 6.07) is 7.99. The lowest BCUT2D eigenvalue weighted by molar-refractivity contribution is -0.142. The third-order valence-electron chi connectivity index (χ3n) is 4.74. The van der Waals surface area contributed by atoms with E-state index in [0.29, 0.717) is 19.3 Å². The van der Waals surface area contributed by atoms with Gasteiger partial charge >= 0.3 is 5.97 Å². The number of methoxy groups -OCH3 is 1. The number of benzene rings is 1. The maximum Gasteiger partial charge on any atom is 0.306 e. The summed E-state index contributed by atoms with van der Waals surface area (Å²) >= 11 is 0. The molecule has 1 unspecified atom stereocenters. The fraction of sp³-hybridized carbons (Fsp3) is 0.579. The molecule has 5 heteroatoms. The highest BCUT2D eigenvalue weighted by Gasteiger charge is 2.26. The van der Waals surface area contributed by atoms with Gasteiger partial charge in [0.05, 0.1) is 13.0 Å². The van der Waals surface area contributed by atoms with Gasteiger partial charge in [0.15, 0.2) is 0 Å². The van der Waals surface area contributed by atoms with Gasteiger partial charge in [0.1, 0.15) is 5.75 Å². The Labute approximate surface area is 143 Å². The van der Waals surface area contributed by atoms with E-state index in [1.54, 1.807) is 7.11 Å². The second kappa shape index (κ2) is 8.71. The van der Waals surface area contributed by atoms with Gasteiger partial charge in [0.25, 0.3) is 0 Å². The number of hydrogen-bond acceptors (Lipinski definition) is 3. The molecule has 0 heterocycles. The predicted octanol–water partition coefficient (Wildman–Crippen LogP) is 3.02. The van der Waals surface area contributed by atoms with Crippen molar-refractivity contribution in [3.05, 3.63) is 29.8 Å². The first-order valence-electron chi connectivity index (χ1n) is 8.63. The van der Waals surface area contributed by atoms with Crippen LogP contribution >= 0.6 is 0 Å². The highest BCUT2D eigenvalue weighted by atomic mass is 16.5. The van der Waals surface area contributed by atoms with E-state index in [4.69, 9.17) is 9.84 Å². The predicted molar refractivity (Wildman–Crippen MR) is 92.0 cm³/mol. The van der Waals surface area contributed by atoms with E-state index in [0.717, 1.165) is 30.6 Å². The molecule has 5 nitrogen and oxygen atoms in total. The lowest BCUT2D eigenvalue weighted by Crippen LogP contribution is -2.39. The summed E-state index contributed by atoms with van der Waals surface area (Å²) in [5, 5.41) is 12.1. The van der Waals surface area contributed by atoms with Gasteiger partial charge < -0.3 is 15.2 Å². The molecule has 0 radical (unpaired) electrons. The number of aliphatic carboxylic acids is 1. The standard InChI is InChI=1S/C19H27NO4/c1-13(11-15-5-3-4-6-17(15)24-2)12-18(21)20-16-9-7-14(8-10-16)19(22)23/h3-6,13-14,16H,7-12H2,1-2H3,(H,20,21)(H,22,23). The molecule has 0 spiro atoms. The average Bonchev–Trinajstić information content (AvgIpc) is 2.55. The summed E-state index contributed by atoms with van der Waals surface area (Å²) < 4.78 is 5.35. The highest BCUT2D eigenvalue weighted by molar-refractivity contribution is 5.76. The third-order valence-corrected chi connectivity index (χ3v) is 4.74. The number of amides is 1. The Hall–Kier alpha value is -2.04. The SMILES string of the molecule is COc1ccccc1CC(C)CC(=O)NC1CCC(C(=O)O)CC1. The number of carbonyl (C=O) groups is 2. The minimum Gasteiger partial charge on any atom is -0.496 e. The Bertz CT molecular complexity index is 564. The molecule has 2 rings (SSSR count). The van der Waals surface area contributed by atoms with Gasteiger partial charge in [-0.05, 0) is 49.7 Å². The third kappa shape index (κ3) is 5.25. The van der Waals surface area contributed by atoms with E-state index in [2.05, 4.69) is 12.2 Å². The van der Waals surface area contributed by atoms with Crippen molar-refractivity contribution in [3.63, 3.8) is 0 Å². The van der Waals surface area contributed by atoms with Crippen LogP contribution in [0, 0.1) is 11.8 Å². The minimum atomic E-state index is -0.717. The van der Waals surface area contributed by atoms with Crippen LogP contribution in [-0.2, 0) is 16.0 Å². The number of ether oxygens (including phenoxy) is 1. The zero-order chi connectivity index (χ0) is 17.5. The van der Waals surface area contributed by atoms with Crippen molar-refractivity contribution in [1.29, 1.82) is 0 Å². The highest BCUT2D eigenvalue weighted by Crippen LogP contribution is 2.25. The van der Waals surface area contributed by atoms with E-state index in [9.17, 15) is 9.59 Å². The van der Waals surface area contributed by atoms with Crippen LogP contribution in [0.15, 0.2) is 24.3 Å². The zero-order valence-electron chi connectivity index (χ0n) is 14.5. The molecular weight excluding hydrogens is 306 g/mol. The van der Waals surface area contributed by atoms with Crippen molar-refractivity contribution in [3.8, 4) is 5.75 Å². The quantitative estimate of drug-likeness (QED) is 0.804. The van der Waals surface area contributed by atoms with Crippen LogP contribution in [-0.4, -0.2) is 30.1 Å². The van der Waals surface area contributed by atoms with Crippen molar-refractivity contribution in [2.45, 2.75) is 51.5 Å². The molecule has 0 saturated heterocycles. The fourth-order valence-corrected chi connectivity index (χ4v) is 3.41. The second-order valence-corrected chi connectivity index (χ2v) is 6.78. The monoisotopic (exact) mass is 333 g/mol. The average molecular weight is 333 g/mol. The normalized spacial score (nSPS) is 21.8. The Kier molecular flexibility index (Phi) is 6.64. The molecule has 1 aliphatic carbocycles. The summed E-state index contributed by atoms with van der Waals surface area (Å²) in [4.78, 5) is 23.2. The molecule has 2 N–H and O–H groups in total. The van der Waals surface area contributed by atoms with Crippen molar-refractivity contribution in [1.82, 2.24) is 5.32 Å². The van der Waals surface area contributed by atoms with Crippen LogP contribution in [0.1, 0.15) is 44.6 Å². The molecule has 1 aliphatic rings. The van der Waals surface area contributed by atoms with Crippen LogP contribution in [0.4, 0.5) is 0 Å². The first kappa shape index (κ1) is 18.3. The maximum atomic E-state index is 12.2. The molecule has 24 heavy (non-hydrogen) atoms. The number of hydrogen-bond donors (Lipinski definition) is 2. The van der Waals surface area contributed by atoms with E-state index < -0.39 is 5.97 Å². The summed E-state index contributed by atoms with van der Waals surface area (Å²) in [5.74, 6) is 0.164. The second-order valence-electron chi connectivity index (χ2n) is 6.78. The van der Waals surface area contributed by atoms with Gasteiger partial charge in [-0.15, -0.1) is 0 Å². The maximum absolute atomic E-state index is 12.2. The van der Waals surface area contributed by atoms with Crippen molar-refractivity contribution in [2.75, 3.05) is 7.11 Å². The van der Waals surface area contributed by atoms with Crippen LogP contribution in [0.3, 0.4) is 0 Å². The molecule has 1 aromatic rings. The van der Waals surface area contributed by atoms with Crippen molar-refractivity contribution >= 4 is 11.9 Å². The lowest BCUT2D eigenvalue weighted by atomic mass is 9.86. The molecule has 1 atom stereocenters. The zero-order valence-corrected chi connectivity index (χ0v) is 14.5. The molecule has 1 fully saturated rings. The number of para-hydroxylation sites is 1. The molecule has 132 valence electrons. The van der Waals surface area contributed by atoms with Gasteiger partial charge in [-0.25, -0.2) is 0 Å². The first-order chi connectivity index (χ1) is 11.5. The van der Waals surface area contributed by atoms with E-state index in [-0.39, 0.29) is 23.8 Å². The Morgan fingerprint density at radius 3 is 2.54 bits per heavy atom. The largest absolute Gasteiger partial charge is 0.496 e. The number of carboxylic acids is 1. The fourth-order valence-electron chi connectivity index (χ4n) is 3.41. The van der Waals surface area contributed by atoms with Gasteiger partial charge in [-0.2, -0.15) is 0 Å². The van der Waals surface area contributed by atoms with Gasteiger partial charge in [0, 0.05) is 12.5 Å². The number of carbonyl (C=O) groups excluding carboxylic acids is 1. The van der Waals surface area contributed by atoms with Crippen LogP contribution in [0.2, 0.25) is 0 Å². The lowest BCUT2D eigenvalue weighted by Gasteiger charge is -2.27. The van der Waals surface area contributed by atoms with E-state index in [1.807, 2.05) is 24.3 Å². The molecule has 1 amide bonds. The van der Waals surface area contributed by atoms with Gasteiger partial charge in [-0.1, -0.05) is 25.1 Å². The Morgan fingerprint density at radius 2 is 1.92 bits per heavy atom. The van der Waals surface area contributed by atoms with Crippen LogP contribution in [0.25, 0.3) is 0 Å². The van der Waals surface area contributed by atoms with Crippen LogP contribution < -0.4 is 10.1 Å². The number of nitrogens with one attached hydrogen (secondary N) is 1. The molecule has 1 saturated carbocycles. The molecule has 0 bridgehead atoms.